The highest BCUT2D eigenvalue weighted by molar-refractivity contribution is 7.16. The van der Waals surface area contributed by atoms with E-state index in [1.54, 1.807) is 0 Å². The quantitative estimate of drug-likeness (QED) is 0.483. The van der Waals surface area contributed by atoms with E-state index in [2.05, 4.69) is 71.3 Å². The zero-order chi connectivity index (χ0) is 13.5. The molecule has 1 nitrogen and oxygen atoms in total. The first kappa shape index (κ1) is 11.7. The van der Waals surface area contributed by atoms with Gasteiger partial charge in [-0.25, -0.2) is 0 Å². The van der Waals surface area contributed by atoms with Gasteiger partial charge in [-0.1, -0.05) is 48.5 Å². The van der Waals surface area contributed by atoms with Crippen LogP contribution in [0.15, 0.2) is 60.0 Å². The molecule has 4 aromatic rings. The van der Waals surface area contributed by atoms with Crippen LogP contribution in [-0.2, 0) is 6.42 Å². The number of aromatic nitrogens is 1. The molecule has 0 saturated carbocycles. The van der Waals surface area contributed by atoms with Crippen LogP contribution in [0.2, 0.25) is 0 Å². The fourth-order valence-electron chi connectivity index (χ4n) is 2.91. The third kappa shape index (κ3) is 1.69. The van der Waals surface area contributed by atoms with Gasteiger partial charge in [0.15, 0.2) is 0 Å². The Hall–Kier alpha value is -2.06. The van der Waals surface area contributed by atoms with E-state index < -0.39 is 0 Å². The van der Waals surface area contributed by atoms with Crippen LogP contribution < -0.4 is 0 Å². The van der Waals surface area contributed by atoms with Crippen molar-refractivity contribution in [2.75, 3.05) is 0 Å². The average molecular weight is 277 g/mol. The standard InChI is InChI=1S/C18H15NS/c1-13-16-9-5-6-10-17(16)19-15(12-20-18(13)19)11-14-7-3-2-4-8-14/h2-10,12H,11H2,1H3. The molecule has 0 spiro atoms. The van der Waals surface area contributed by atoms with Crippen molar-refractivity contribution in [2.45, 2.75) is 13.3 Å². The molecule has 0 aliphatic heterocycles. The molecule has 0 aliphatic rings. The molecule has 0 amide bonds. The van der Waals surface area contributed by atoms with Gasteiger partial charge in [-0.3, -0.25) is 0 Å². The summed E-state index contributed by atoms with van der Waals surface area (Å²) in [6.07, 6.45) is 0.985. The molecule has 0 unspecified atom stereocenters. The minimum Gasteiger partial charge on any atom is -0.304 e. The van der Waals surface area contributed by atoms with Crippen LogP contribution in [0, 0.1) is 6.92 Å². The summed E-state index contributed by atoms with van der Waals surface area (Å²) in [5.74, 6) is 0. The van der Waals surface area contributed by atoms with Crippen molar-refractivity contribution in [3.05, 3.63) is 76.8 Å². The molecule has 0 saturated heterocycles. The van der Waals surface area contributed by atoms with Crippen LogP contribution in [0.4, 0.5) is 0 Å². The lowest BCUT2D eigenvalue weighted by molar-refractivity contribution is 1.06. The minimum absolute atomic E-state index is 0.985. The Bertz CT molecular complexity index is 884. The van der Waals surface area contributed by atoms with E-state index in [1.807, 2.05) is 11.3 Å². The predicted octanol–water partition coefficient (Wildman–Crippen LogP) is 5.05. The molecule has 2 heterocycles. The van der Waals surface area contributed by atoms with Gasteiger partial charge in [0, 0.05) is 22.9 Å². The zero-order valence-electron chi connectivity index (χ0n) is 11.3. The third-order valence-corrected chi connectivity index (χ3v) is 5.00. The number of hydrogen-bond donors (Lipinski definition) is 0. The Kier molecular flexibility index (Phi) is 2.64. The van der Waals surface area contributed by atoms with Crippen molar-refractivity contribution in [3.63, 3.8) is 0 Å². The molecule has 0 bridgehead atoms. The van der Waals surface area contributed by atoms with E-state index in [0.29, 0.717) is 0 Å². The highest BCUT2D eigenvalue weighted by atomic mass is 32.1. The number of fused-ring (bicyclic) bond motifs is 3. The van der Waals surface area contributed by atoms with Crippen molar-refractivity contribution in [1.82, 2.24) is 4.40 Å². The van der Waals surface area contributed by atoms with E-state index in [9.17, 15) is 0 Å². The molecule has 2 aromatic carbocycles. The lowest BCUT2D eigenvalue weighted by atomic mass is 10.1. The van der Waals surface area contributed by atoms with Gasteiger partial charge in [0.1, 0.15) is 4.83 Å². The number of benzene rings is 2. The van der Waals surface area contributed by atoms with E-state index in [4.69, 9.17) is 0 Å². The van der Waals surface area contributed by atoms with Crippen molar-refractivity contribution in [3.8, 4) is 0 Å². The van der Waals surface area contributed by atoms with Crippen molar-refractivity contribution in [1.29, 1.82) is 0 Å². The van der Waals surface area contributed by atoms with Gasteiger partial charge in [0.05, 0.1) is 5.52 Å². The Morgan fingerprint density at radius 2 is 1.70 bits per heavy atom. The van der Waals surface area contributed by atoms with Gasteiger partial charge >= 0.3 is 0 Å². The Labute approximate surface area is 122 Å². The van der Waals surface area contributed by atoms with Crippen LogP contribution in [0.25, 0.3) is 15.7 Å². The van der Waals surface area contributed by atoms with Gasteiger partial charge < -0.3 is 4.40 Å². The summed E-state index contributed by atoms with van der Waals surface area (Å²) in [5, 5.41) is 3.66. The summed E-state index contributed by atoms with van der Waals surface area (Å²) >= 11 is 1.85. The van der Waals surface area contributed by atoms with Gasteiger partial charge in [-0.15, -0.1) is 11.3 Å². The van der Waals surface area contributed by atoms with Crippen LogP contribution in [0.1, 0.15) is 16.8 Å². The Morgan fingerprint density at radius 1 is 0.950 bits per heavy atom. The summed E-state index contributed by atoms with van der Waals surface area (Å²) in [7, 11) is 0. The first-order chi connectivity index (χ1) is 9.84. The smallest absolute Gasteiger partial charge is 0.103 e. The molecule has 2 aromatic heterocycles. The minimum atomic E-state index is 0.985. The SMILES string of the molecule is Cc1c2ccccc2n2c(Cc3ccccc3)csc12. The maximum atomic E-state index is 2.42. The van der Waals surface area contributed by atoms with Crippen molar-refractivity contribution >= 4 is 27.1 Å². The number of hydrogen-bond acceptors (Lipinski definition) is 1. The van der Waals surface area contributed by atoms with Gasteiger partial charge in [0.2, 0.25) is 0 Å². The van der Waals surface area contributed by atoms with Crippen LogP contribution >= 0.6 is 11.3 Å². The topological polar surface area (TPSA) is 4.41 Å². The first-order valence-electron chi connectivity index (χ1n) is 6.84. The summed E-state index contributed by atoms with van der Waals surface area (Å²) in [6, 6.07) is 19.4. The molecule has 98 valence electrons. The number of aryl methyl sites for hydroxylation is 1. The third-order valence-electron chi connectivity index (χ3n) is 3.89. The number of rotatable bonds is 2. The molecule has 0 fully saturated rings. The molecule has 20 heavy (non-hydrogen) atoms. The first-order valence-corrected chi connectivity index (χ1v) is 7.72. The molecular weight excluding hydrogens is 262 g/mol. The fourth-order valence-corrected chi connectivity index (χ4v) is 3.95. The van der Waals surface area contributed by atoms with E-state index >= 15 is 0 Å². The molecule has 4 rings (SSSR count). The molecular formula is C18H15NS. The van der Waals surface area contributed by atoms with Crippen molar-refractivity contribution < 1.29 is 0 Å². The molecule has 2 heteroatoms. The molecule has 0 radical (unpaired) electrons. The molecule has 0 atom stereocenters. The lowest BCUT2D eigenvalue weighted by Gasteiger charge is -2.02. The van der Waals surface area contributed by atoms with E-state index in [1.165, 1.54) is 32.6 Å². The molecule has 0 aliphatic carbocycles. The van der Waals surface area contributed by atoms with Crippen LogP contribution in [0.5, 0.6) is 0 Å². The normalized spacial score (nSPS) is 11.4. The second kappa shape index (κ2) is 4.50. The predicted molar refractivity (Wildman–Crippen MR) is 86.8 cm³/mol. The maximum Gasteiger partial charge on any atom is 0.103 e. The van der Waals surface area contributed by atoms with Crippen molar-refractivity contribution in [2.24, 2.45) is 0 Å². The molecule has 0 N–H and O–H groups in total. The average Bonchev–Trinajstić information content (AvgIpc) is 3.02. The zero-order valence-corrected chi connectivity index (χ0v) is 12.2. The number of thiazole rings is 1. The second-order valence-electron chi connectivity index (χ2n) is 5.17. The van der Waals surface area contributed by atoms with Gasteiger partial charge in [-0.05, 0) is 24.1 Å². The van der Waals surface area contributed by atoms with E-state index in [-0.39, 0.29) is 0 Å². The summed E-state index contributed by atoms with van der Waals surface area (Å²) in [4.78, 5) is 1.37. The van der Waals surface area contributed by atoms with Gasteiger partial charge in [-0.2, -0.15) is 0 Å². The number of nitrogens with zero attached hydrogens (tertiary/aromatic N) is 1. The van der Waals surface area contributed by atoms with Crippen LogP contribution in [-0.4, -0.2) is 4.40 Å². The van der Waals surface area contributed by atoms with Gasteiger partial charge in [0.25, 0.3) is 0 Å². The summed E-state index contributed by atoms with van der Waals surface area (Å²) in [5.41, 5.74) is 5.46. The van der Waals surface area contributed by atoms with Crippen LogP contribution in [0.3, 0.4) is 0 Å². The summed E-state index contributed by atoms with van der Waals surface area (Å²) in [6.45, 7) is 2.22. The Balaban J connectivity index is 1.95. The Morgan fingerprint density at radius 3 is 2.55 bits per heavy atom. The monoisotopic (exact) mass is 277 g/mol. The van der Waals surface area contributed by atoms with E-state index in [0.717, 1.165) is 6.42 Å². The fraction of sp³-hybridized carbons (Fsp3) is 0.111. The summed E-state index contributed by atoms with van der Waals surface area (Å²) < 4.78 is 2.42. The number of para-hydroxylation sites is 1. The maximum absolute atomic E-state index is 2.42. The second-order valence-corrected chi connectivity index (χ2v) is 6.03. The highest BCUT2D eigenvalue weighted by Crippen LogP contribution is 2.32. The highest BCUT2D eigenvalue weighted by Gasteiger charge is 2.12. The largest absolute Gasteiger partial charge is 0.304 e. The lowest BCUT2D eigenvalue weighted by Crippen LogP contribution is -1.92.